The third-order valence-electron chi connectivity index (χ3n) is 2.86. The fraction of sp³-hybridized carbons (Fsp3) is 0.833. The second-order valence-corrected chi connectivity index (χ2v) is 5.08. The lowest BCUT2D eigenvalue weighted by atomic mass is 10.3. The molecule has 1 rings (SSSR count). The van der Waals surface area contributed by atoms with Gasteiger partial charge in [-0.15, -0.1) is 0 Å². The molecule has 0 bridgehead atoms. The number of carbonyl (C=O) groups is 2. The van der Waals surface area contributed by atoms with Crippen LogP contribution in [-0.4, -0.2) is 55.3 Å². The Balaban J connectivity index is 2.21. The van der Waals surface area contributed by atoms with Crippen LogP contribution in [0.1, 0.15) is 19.8 Å². The molecular formula is C12H22N2O3S. The summed E-state index contributed by atoms with van der Waals surface area (Å²) >= 11 is 4.08. The molecule has 1 atom stereocenters. The fourth-order valence-corrected chi connectivity index (χ4v) is 1.79. The average Bonchev–Trinajstić information content (AvgIpc) is 3.14. The summed E-state index contributed by atoms with van der Waals surface area (Å²) in [5.74, 6) is 0.678. The quantitative estimate of drug-likeness (QED) is 0.494. The van der Waals surface area contributed by atoms with Gasteiger partial charge in [-0.1, -0.05) is 0 Å². The van der Waals surface area contributed by atoms with E-state index in [0.717, 1.165) is 12.5 Å². The van der Waals surface area contributed by atoms with Crippen molar-refractivity contribution in [1.82, 2.24) is 10.2 Å². The molecule has 0 aromatic rings. The fourth-order valence-electron chi connectivity index (χ4n) is 1.54. The van der Waals surface area contributed by atoms with Gasteiger partial charge in [0.05, 0.1) is 6.61 Å². The van der Waals surface area contributed by atoms with Gasteiger partial charge in [-0.2, -0.15) is 12.6 Å². The maximum atomic E-state index is 12.0. The molecule has 1 N–H and O–H groups in total. The van der Waals surface area contributed by atoms with Crippen molar-refractivity contribution in [1.29, 1.82) is 0 Å². The first-order valence-electron chi connectivity index (χ1n) is 6.25. The molecule has 1 fully saturated rings. The lowest BCUT2D eigenvalue weighted by Crippen LogP contribution is -2.48. The van der Waals surface area contributed by atoms with Crippen LogP contribution in [0.2, 0.25) is 0 Å². The Labute approximate surface area is 114 Å². The van der Waals surface area contributed by atoms with Gasteiger partial charge in [0, 0.05) is 32.9 Å². The normalized spacial score (nSPS) is 16.2. The average molecular weight is 274 g/mol. The van der Waals surface area contributed by atoms with Crippen molar-refractivity contribution >= 4 is 24.4 Å². The summed E-state index contributed by atoms with van der Waals surface area (Å²) < 4.78 is 5.47. The number of rotatable bonds is 8. The van der Waals surface area contributed by atoms with Crippen molar-refractivity contribution in [2.75, 3.05) is 32.6 Å². The summed E-state index contributed by atoms with van der Waals surface area (Å²) in [6.45, 7) is 3.26. The molecule has 1 aliphatic carbocycles. The molecule has 0 heterocycles. The predicted molar refractivity (Wildman–Crippen MR) is 72.6 cm³/mol. The minimum atomic E-state index is -0.556. The van der Waals surface area contributed by atoms with Gasteiger partial charge >= 0.3 is 0 Å². The van der Waals surface area contributed by atoms with Gasteiger partial charge in [0.25, 0.3) is 0 Å². The van der Waals surface area contributed by atoms with E-state index in [-0.39, 0.29) is 11.8 Å². The molecule has 104 valence electrons. The SMILES string of the molecule is CC(=O)NC(CS)C(=O)N(C)CCOCC1CC1. The second-order valence-electron chi connectivity index (χ2n) is 4.71. The van der Waals surface area contributed by atoms with Gasteiger partial charge in [0.2, 0.25) is 11.8 Å². The largest absolute Gasteiger partial charge is 0.379 e. The smallest absolute Gasteiger partial charge is 0.245 e. The van der Waals surface area contributed by atoms with E-state index in [9.17, 15) is 9.59 Å². The molecule has 0 spiro atoms. The van der Waals surface area contributed by atoms with Gasteiger partial charge in [0.1, 0.15) is 6.04 Å². The number of carbonyl (C=O) groups excluding carboxylic acids is 2. The first-order chi connectivity index (χ1) is 8.54. The van der Waals surface area contributed by atoms with Gasteiger partial charge in [-0.05, 0) is 18.8 Å². The zero-order valence-electron chi connectivity index (χ0n) is 11.0. The minimum absolute atomic E-state index is 0.129. The number of nitrogens with one attached hydrogen (secondary N) is 1. The summed E-state index contributed by atoms with van der Waals surface area (Å²) in [5.41, 5.74) is 0. The molecule has 0 aromatic carbocycles. The van der Waals surface area contributed by atoms with E-state index in [0.29, 0.717) is 18.9 Å². The van der Waals surface area contributed by atoms with Crippen LogP contribution in [0.5, 0.6) is 0 Å². The Kier molecular flexibility index (Phi) is 6.49. The van der Waals surface area contributed by atoms with Crippen LogP contribution < -0.4 is 5.32 Å². The van der Waals surface area contributed by atoms with Crippen molar-refractivity contribution < 1.29 is 14.3 Å². The number of thiol groups is 1. The molecular weight excluding hydrogens is 252 g/mol. The molecule has 1 unspecified atom stereocenters. The Morgan fingerprint density at radius 3 is 2.67 bits per heavy atom. The number of ether oxygens (including phenoxy) is 1. The highest BCUT2D eigenvalue weighted by atomic mass is 32.1. The minimum Gasteiger partial charge on any atom is -0.379 e. The molecule has 0 radical (unpaired) electrons. The molecule has 1 aliphatic rings. The van der Waals surface area contributed by atoms with Crippen molar-refractivity contribution in [2.24, 2.45) is 5.92 Å². The third kappa shape index (κ3) is 5.73. The van der Waals surface area contributed by atoms with Gasteiger partial charge < -0.3 is 15.0 Å². The Hall–Kier alpha value is -0.750. The zero-order valence-corrected chi connectivity index (χ0v) is 11.9. The molecule has 2 amide bonds. The molecule has 0 aliphatic heterocycles. The standard InChI is InChI=1S/C12H22N2O3S/c1-9(15)13-11(8-18)12(16)14(2)5-6-17-7-10-3-4-10/h10-11,18H,3-8H2,1-2H3,(H,13,15). The maximum Gasteiger partial charge on any atom is 0.245 e. The number of amides is 2. The van der Waals surface area contributed by atoms with Gasteiger partial charge in [-0.25, -0.2) is 0 Å². The van der Waals surface area contributed by atoms with Crippen molar-refractivity contribution in [3.05, 3.63) is 0 Å². The highest BCUT2D eigenvalue weighted by Gasteiger charge is 2.23. The zero-order chi connectivity index (χ0) is 13.5. The van der Waals surface area contributed by atoms with Gasteiger partial charge in [0.15, 0.2) is 0 Å². The van der Waals surface area contributed by atoms with Crippen molar-refractivity contribution in [3.63, 3.8) is 0 Å². The molecule has 0 saturated heterocycles. The topological polar surface area (TPSA) is 58.6 Å². The van der Waals surface area contributed by atoms with Crippen LogP contribution in [0, 0.1) is 5.92 Å². The van der Waals surface area contributed by atoms with E-state index in [1.807, 2.05) is 0 Å². The van der Waals surface area contributed by atoms with E-state index in [1.54, 1.807) is 11.9 Å². The first kappa shape index (κ1) is 15.3. The summed E-state index contributed by atoms with van der Waals surface area (Å²) in [6.07, 6.45) is 2.53. The van der Waals surface area contributed by atoms with Crippen molar-refractivity contribution in [3.8, 4) is 0 Å². The predicted octanol–water partition coefficient (Wildman–Crippen LogP) is 0.306. The Morgan fingerprint density at radius 2 is 2.17 bits per heavy atom. The monoisotopic (exact) mass is 274 g/mol. The van der Waals surface area contributed by atoms with Crippen LogP contribution in [0.3, 0.4) is 0 Å². The van der Waals surface area contributed by atoms with Crippen LogP contribution in [-0.2, 0) is 14.3 Å². The van der Waals surface area contributed by atoms with Crippen LogP contribution in [0.15, 0.2) is 0 Å². The van der Waals surface area contributed by atoms with E-state index >= 15 is 0 Å². The lowest BCUT2D eigenvalue weighted by molar-refractivity contribution is -0.134. The summed E-state index contributed by atoms with van der Waals surface area (Å²) in [5, 5.41) is 2.58. The number of likely N-dealkylation sites (N-methyl/N-ethyl adjacent to an activating group) is 1. The van der Waals surface area contributed by atoms with Crippen LogP contribution in [0.4, 0.5) is 0 Å². The van der Waals surface area contributed by atoms with E-state index in [2.05, 4.69) is 17.9 Å². The Bertz CT molecular complexity index is 295. The highest BCUT2D eigenvalue weighted by Crippen LogP contribution is 2.28. The molecule has 5 nitrogen and oxygen atoms in total. The number of hydrogen-bond donors (Lipinski definition) is 2. The lowest BCUT2D eigenvalue weighted by Gasteiger charge is -2.23. The van der Waals surface area contributed by atoms with Crippen molar-refractivity contribution in [2.45, 2.75) is 25.8 Å². The summed E-state index contributed by atoms with van der Waals surface area (Å²) in [7, 11) is 1.71. The van der Waals surface area contributed by atoms with Crippen LogP contribution >= 0.6 is 12.6 Å². The number of nitrogens with zero attached hydrogens (tertiary/aromatic N) is 1. The van der Waals surface area contributed by atoms with Crippen LogP contribution in [0.25, 0.3) is 0 Å². The molecule has 6 heteroatoms. The highest BCUT2D eigenvalue weighted by molar-refractivity contribution is 7.80. The molecule has 0 aromatic heterocycles. The number of hydrogen-bond acceptors (Lipinski definition) is 4. The molecule has 1 saturated carbocycles. The van der Waals surface area contributed by atoms with E-state index in [1.165, 1.54) is 19.8 Å². The Morgan fingerprint density at radius 1 is 1.50 bits per heavy atom. The van der Waals surface area contributed by atoms with E-state index in [4.69, 9.17) is 4.74 Å². The second kappa shape index (κ2) is 7.63. The summed E-state index contributed by atoms with van der Waals surface area (Å²) in [6, 6.07) is -0.556. The van der Waals surface area contributed by atoms with E-state index < -0.39 is 6.04 Å². The van der Waals surface area contributed by atoms with Gasteiger partial charge in [-0.3, -0.25) is 9.59 Å². The maximum absolute atomic E-state index is 12.0. The third-order valence-corrected chi connectivity index (χ3v) is 3.22. The first-order valence-corrected chi connectivity index (χ1v) is 6.88. The summed E-state index contributed by atoms with van der Waals surface area (Å²) in [4.78, 5) is 24.5. The molecule has 18 heavy (non-hydrogen) atoms.